The van der Waals surface area contributed by atoms with Gasteiger partial charge in [-0.05, 0) is 48.4 Å². The first-order valence-electron chi connectivity index (χ1n) is 10.9. The summed E-state index contributed by atoms with van der Waals surface area (Å²) in [5.41, 5.74) is 1.70. The molecule has 35 heavy (non-hydrogen) atoms. The molecule has 8 nitrogen and oxygen atoms in total. The molecule has 0 saturated carbocycles. The van der Waals surface area contributed by atoms with E-state index in [2.05, 4.69) is 10.6 Å². The van der Waals surface area contributed by atoms with Gasteiger partial charge in [0.25, 0.3) is 5.91 Å². The van der Waals surface area contributed by atoms with Gasteiger partial charge < -0.3 is 10.6 Å². The molecule has 2 N–H and O–H groups in total. The molecule has 0 spiro atoms. The van der Waals surface area contributed by atoms with E-state index in [1.807, 2.05) is 30.3 Å². The van der Waals surface area contributed by atoms with E-state index < -0.39 is 28.5 Å². The zero-order chi connectivity index (χ0) is 25.4. The molecule has 0 bridgehead atoms. The largest absolute Gasteiger partial charge is 0.352 e. The Bertz CT molecular complexity index is 1270. The van der Waals surface area contributed by atoms with Crippen molar-refractivity contribution in [2.45, 2.75) is 6.42 Å². The molecule has 184 valence electrons. The number of hydrogen-bond donors (Lipinski definition) is 2. The summed E-state index contributed by atoms with van der Waals surface area (Å²) in [6.07, 6.45) is 0.649. The van der Waals surface area contributed by atoms with Crippen LogP contribution in [-0.2, 0) is 21.4 Å². The number of benzene rings is 3. The number of nitrogens with one attached hydrogen (secondary N) is 2. The molecule has 0 atom stereocenters. The highest BCUT2D eigenvalue weighted by Gasteiger charge is 2.27. The first kappa shape index (κ1) is 25.9. The third kappa shape index (κ3) is 6.87. The Morgan fingerprint density at radius 3 is 2.17 bits per heavy atom. The van der Waals surface area contributed by atoms with Crippen LogP contribution in [0.3, 0.4) is 0 Å². The summed E-state index contributed by atoms with van der Waals surface area (Å²) in [7, 11) is -1.39. The maximum Gasteiger partial charge on any atom is 0.304 e. The summed E-state index contributed by atoms with van der Waals surface area (Å²) < 4.78 is 40.8. The molecular formula is C25H27FN4O4S. The number of hydrogen-bond acceptors (Lipinski definition) is 4. The first-order chi connectivity index (χ1) is 16.7. The fraction of sp³-hybridized carbons (Fsp3) is 0.200. The zero-order valence-corrected chi connectivity index (χ0v) is 20.3. The summed E-state index contributed by atoms with van der Waals surface area (Å²) in [6, 6.07) is 20.9. The lowest BCUT2D eigenvalue weighted by atomic mass is 10.1. The minimum Gasteiger partial charge on any atom is -0.352 e. The second-order valence-electron chi connectivity index (χ2n) is 7.86. The van der Waals surface area contributed by atoms with Crippen LogP contribution >= 0.6 is 0 Å². The molecule has 0 aliphatic rings. The van der Waals surface area contributed by atoms with Gasteiger partial charge in [0.05, 0.1) is 16.9 Å². The predicted octanol–water partition coefficient (Wildman–Crippen LogP) is 3.05. The molecule has 0 unspecified atom stereocenters. The van der Waals surface area contributed by atoms with Crippen molar-refractivity contribution in [2.24, 2.45) is 0 Å². The molecule has 0 radical (unpaired) electrons. The monoisotopic (exact) mass is 498 g/mol. The predicted molar refractivity (Wildman–Crippen MR) is 134 cm³/mol. The van der Waals surface area contributed by atoms with Crippen LogP contribution in [0.5, 0.6) is 0 Å². The second kappa shape index (κ2) is 11.6. The zero-order valence-electron chi connectivity index (χ0n) is 19.4. The van der Waals surface area contributed by atoms with Crippen LogP contribution in [0.1, 0.15) is 15.9 Å². The molecule has 3 aromatic rings. The number of nitrogens with zero attached hydrogens (tertiary/aromatic N) is 2. The Morgan fingerprint density at radius 2 is 1.51 bits per heavy atom. The smallest absolute Gasteiger partial charge is 0.304 e. The summed E-state index contributed by atoms with van der Waals surface area (Å²) >= 11 is 0. The molecule has 0 aromatic heterocycles. The third-order valence-corrected chi connectivity index (χ3v) is 6.95. The van der Waals surface area contributed by atoms with Gasteiger partial charge in [0.15, 0.2) is 0 Å². The van der Waals surface area contributed by atoms with Crippen LogP contribution in [0.25, 0.3) is 0 Å². The molecule has 0 aliphatic carbocycles. The van der Waals surface area contributed by atoms with Crippen molar-refractivity contribution in [2.75, 3.05) is 36.8 Å². The Morgan fingerprint density at radius 1 is 0.886 bits per heavy atom. The number of halogens is 1. The van der Waals surface area contributed by atoms with Gasteiger partial charge in [0, 0.05) is 20.6 Å². The molecule has 0 fully saturated rings. The lowest BCUT2D eigenvalue weighted by Gasteiger charge is -2.27. The van der Waals surface area contributed by atoms with Crippen molar-refractivity contribution in [1.29, 1.82) is 0 Å². The van der Waals surface area contributed by atoms with Crippen LogP contribution in [0.4, 0.5) is 15.8 Å². The van der Waals surface area contributed by atoms with Gasteiger partial charge >= 0.3 is 10.2 Å². The van der Waals surface area contributed by atoms with E-state index >= 15 is 0 Å². The quantitative estimate of drug-likeness (QED) is 0.449. The SMILES string of the molecule is CN(C)S(=O)(=O)N(CC(=O)Nc1ccccc1C(=O)NCCc1ccccc1)c1ccc(F)cc1. The topological polar surface area (TPSA) is 98.8 Å². The molecule has 0 saturated heterocycles. The molecule has 0 aliphatic heterocycles. The van der Waals surface area contributed by atoms with Gasteiger partial charge in [-0.2, -0.15) is 12.7 Å². The molecule has 3 aromatic carbocycles. The van der Waals surface area contributed by atoms with E-state index in [4.69, 9.17) is 0 Å². The lowest BCUT2D eigenvalue weighted by molar-refractivity contribution is -0.114. The highest BCUT2D eigenvalue weighted by Crippen LogP contribution is 2.21. The Kier molecular flexibility index (Phi) is 8.56. The Labute approximate surface area is 204 Å². The van der Waals surface area contributed by atoms with Crippen LogP contribution < -0.4 is 14.9 Å². The molecular weight excluding hydrogens is 471 g/mol. The normalized spacial score (nSPS) is 11.2. The summed E-state index contributed by atoms with van der Waals surface area (Å²) in [5.74, 6) is -1.56. The molecule has 3 rings (SSSR count). The maximum atomic E-state index is 13.4. The van der Waals surface area contributed by atoms with Gasteiger partial charge in [-0.3, -0.25) is 9.59 Å². The lowest BCUT2D eigenvalue weighted by Crippen LogP contribution is -2.44. The second-order valence-corrected chi connectivity index (χ2v) is 9.93. The van der Waals surface area contributed by atoms with Crippen molar-refractivity contribution in [3.8, 4) is 0 Å². The van der Waals surface area contributed by atoms with Gasteiger partial charge in [0.2, 0.25) is 5.91 Å². The van der Waals surface area contributed by atoms with Crippen molar-refractivity contribution in [3.63, 3.8) is 0 Å². The number of carbonyl (C=O) groups excluding carboxylic acids is 2. The van der Waals surface area contributed by atoms with Crippen molar-refractivity contribution in [1.82, 2.24) is 9.62 Å². The fourth-order valence-electron chi connectivity index (χ4n) is 3.28. The summed E-state index contributed by atoms with van der Waals surface area (Å²) in [5, 5.41) is 5.46. The van der Waals surface area contributed by atoms with Crippen LogP contribution in [0.2, 0.25) is 0 Å². The van der Waals surface area contributed by atoms with E-state index in [0.29, 0.717) is 13.0 Å². The number of para-hydroxylation sites is 1. The highest BCUT2D eigenvalue weighted by atomic mass is 32.2. The van der Waals surface area contributed by atoms with Crippen LogP contribution in [-0.4, -0.2) is 51.7 Å². The standard InChI is InChI=1S/C25H27FN4O4S/c1-29(2)35(33,34)30(21-14-12-20(26)13-15-21)18-24(31)28-23-11-7-6-10-22(23)25(32)27-17-16-19-8-4-3-5-9-19/h3-15H,16-18H2,1-2H3,(H,27,32)(H,28,31). The minimum absolute atomic E-state index is 0.127. The average Bonchev–Trinajstić information content (AvgIpc) is 2.84. The van der Waals surface area contributed by atoms with Gasteiger partial charge in [-0.1, -0.05) is 42.5 Å². The van der Waals surface area contributed by atoms with Gasteiger partial charge in [-0.15, -0.1) is 0 Å². The number of rotatable bonds is 10. The fourth-order valence-corrected chi connectivity index (χ4v) is 4.34. The average molecular weight is 499 g/mol. The summed E-state index contributed by atoms with van der Waals surface area (Å²) in [4.78, 5) is 25.6. The van der Waals surface area contributed by atoms with Crippen LogP contribution in [0, 0.1) is 5.82 Å². The van der Waals surface area contributed by atoms with Gasteiger partial charge in [0.1, 0.15) is 12.4 Å². The molecule has 10 heteroatoms. The van der Waals surface area contributed by atoms with Crippen molar-refractivity contribution >= 4 is 33.4 Å². The number of anilines is 2. The van der Waals surface area contributed by atoms with Crippen molar-refractivity contribution in [3.05, 3.63) is 95.8 Å². The van der Waals surface area contributed by atoms with E-state index in [-0.39, 0.29) is 22.8 Å². The van der Waals surface area contributed by atoms with Crippen molar-refractivity contribution < 1.29 is 22.4 Å². The maximum absolute atomic E-state index is 13.4. The number of carbonyl (C=O) groups is 2. The van der Waals surface area contributed by atoms with Gasteiger partial charge in [-0.25, -0.2) is 8.70 Å². The summed E-state index contributed by atoms with van der Waals surface area (Å²) in [6.45, 7) is -0.166. The van der Waals surface area contributed by atoms with Crippen LogP contribution in [0.15, 0.2) is 78.9 Å². The molecule has 2 amide bonds. The van der Waals surface area contributed by atoms with E-state index in [1.165, 1.54) is 26.2 Å². The number of amides is 2. The third-order valence-electron chi connectivity index (χ3n) is 5.13. The molecule has 0 heterocycles. The van der Waals surface area contributed by atoms with E-state index in [1.54, 1.807) is 24.3 Å². The Hall–Kier alpha value is -3.76. The minimum atomic E-state index is -4.05. The van der Waals surface area contributed by atoms with E-state index in [0.717, 1.165) is 26.3 Å². The van der Waals surface area contributed by atoms with E-state index in [9.17, 15) is 22.4 Å². The Balaban J connectivity index is 1.72. The highest BCUT2D eigenvalue weighted by molar-refractivity contribution is 7.90. The first-order valence-corrected chi connectivity index (χ1v) is 12.2.